The molecular weight excluding hydrogens is 230 g/mol. The van der Waals surface area contributed by atoms with Crippen LogP contribution in [0.5, 0.6) is 5.75 Å². The van der Waals surface area contributed by atoms with Crippen molar-refractivity contribution < 1.29 is 4.74 Å². The van der Waals surface area contributed by atoms with Crippen LogP contribution in [0.15, 0.2) is 24.4 Å². The van der Waals surface area contributed by atoms with Gasteiger partial charge in [-0.1, -0.05) is 6.07 Å². The van der Waals surface area contributed by atoms with Crippen LogP contribution in [0.2, 0.25) is 0 Å². The molecule has 0 radical (unpaired) electrons. The highest BCUT2D eigenvalue weighted by Crippen LogP contribution is 2.30. The predicted octanol–water partition coefficient (Wildman–Crippen LogP) is 1.29. The summed E-state index contributed by atoms with van der Waals surface area (Å²) in [5.74, 6) is 1.12. The molecule has 1 aromatic heterocycles. The van der Waals surface area contributed by atoms with Gasteiger partial charge in [-0.15, -0.1) is 0 Å². The number of nitrogens with zero attached hydrogens (tertiary/aromatic N) is 2. The van der Waals surface area contributed by atoms with Crippen LogP contribution >= 0.6 is 0 Å². The maximum absolute atomic E-state index is 5.89. The standard InChI is InChI=1S/C12H15N5O/c1-2-18-10-4-3-7(5-9(10)13)8-6-16-12(15)17-11(8)14/h3-6H,2,13H2,1H3,(H4,14,15,16,17). The predicted molar refractivity (Wildman–Crippen MR) is 71.9 cm³/mol. The van der Waals surface area contributed by atoms with E-state index >= 15 is 0 Å². The molecule has 0 unspecified atom stereocenters. The van der Waals surface area contributed by atoms with Crippen LogP contribution < -0.4 is 21.9 Å². The van der Waals surface area contributed by atoms with E-state index in [1.54, 1.807) is 18.3 Å². The second-order valence-corrected chi connectivity index (χ2v) is 3.71. The van der Waals surface area contributed by atoms with Gasteiger partial charge in [0.25, 0.3) is 0 Å². The van der Waals surface area contributed by atoms with Gasteiger partial charge in [0.1, 0.15) is 11.6 Å². The van der Waals surface area contributed by atoms with Crippen molar-refractivity contribution in [3.05, 3.63) is 24.4 Å². The zero-order valence-electron chi connectivity index (χ0n) is 10.1. The topological polar surface area (TPSA) is 113 Å². The average Bonchev–Trinajstić information content (AvgIpc) is 2.32. The quantitative estimate of drug-likeness (QED) is 0.702. The summed E-state index contributed by atoms with van der Waals surface area (Å²) in [6.07, 6.45) is 1.58. The minimum atomic E-state index is 0.148. The molecule has 1 heterocycles. The molecule has 0 aliphatic rings. The third-order valence-electron chi connectivity index (χ3n) is 2.46. The Labute approximate surface area is 105 Å². The van der Waals surface area contributed by atoms with E-state index in [1.165, 1.54) is 0 Å². The van der Waals surface area contributed by atoms with Crippen molar-refractivity contribution in [3.8, 4) is 16.9 Å². The largest absolute Gasteiger partial charge is 0.492 e. The maximum Gasteiger partial charge on any atom is 0.221 e. The Morgan fingerprint density at radius 1 is 1.22 bits per heavy atom. The van der Waals surface area contributed by atoms with E-state index in [1.807, 2.05) is 13.0 Å². The van der Waals surface area contributed by atoms with E-state index in [9.17, 15) is 0 Å². The molecule has 0 aliphatic carbocycles. The summed E-state index contributed by atoms with van der Waals surface area (Å²) in [5.41, 5.74) is 19.2. The Kier molecular flexibility index (Phi) is 3.18. The molecule has 0 saturated heterocycles. The highest BCUT2D eigenvalue weighted by atomic mass is 16.5. The summed E-state index contributed by atoms with van der Waals surface area (Å²) in [5, 5.41) is 0. The first-order valence-electron chi connectivity index (χ1n) is 5.52. The Balaban J connectivity index is 2.42. The Bertz CT molecular complexity index is 570. The normalized spacial score (nSPS) is 10.3. The first-order chi connectivity index (χ1) is 8.61. The van der Waals surface area contributed by atoms with Gasteiger partial charge in [-0.25, -0.2) is 4.98 Å². The van der Waals surface area contributed by atoms with Crippen LogP contribution in [-0.2, 0) is 0 Å². The fourth-order valence-electron chi connectivity index (χ4n) is 1.63. The summed E-state index contributed by atoms with van der Waals surface area (Å²) in [6, 6.07) is 5.42. The van der Waals surface area contributed by atoms with Gasteiger partial charge in [-0.05, 0) is 24.6 Å². The van der Waals surface area contributed by atoms with Crippen LogP contribution in [0.25, 0.3) is 11.1 Å². The van der Waals surface area contributed by atoms with Crippen LogP contribution in [0.1, 0.15) is 6.92 Å². The van der Waals surface area contributed by atoms with E-state index in [-0.39, 0.29) is 5.95 Å². The van der Waals surface area contributed by atoms with Gasteiger partial charge in [0.15, 0.2) is 0 Å². The van der Waals surface area contributed by atoms with Crippen LogP contribution in [0, 0.1) is 0 Å². The second-order valence-electron chi connectivity index (χ2n) is 3.71. The van der Waals surface area contributed by atoms with E-state index in [0.717, 1.165) is 5.56 Å². The lowest BCUT2D eigenvalue weighted by Crippen LogP contribution is -2.02. The molecule has 0 aliphatic heterocycles. The number of benzene rings is 1. The minimum Gasteiger partial charge on any atom is -0.492 e. The first-order valence-corrected chi connectivity index (χ1v) is 5.52. The van der Waals surface area contributed by atoms with E-state index < -0.39 is 0 Å². The molecule has 0 spiro atoms. The molecule has 6 N–H and O–H groups in total. The fraction of sp³-hybridized carbons (Fsp3) is 0.167. The molecule has 94 valence electrons. The third-order valence-corrected chi connectivity index (χ3v) is 2.46. The second kappa shape index (κ2) is 4.79. The van der Waals surface area contributed by atoms with E-state index in [2.05, 4.69) is 9.97 Å². The number of hydrogen-bond acceptors (Lipinski definition) is 6. The molecule has 6 nitrogen and oxygen atoms in total. The molecule has 0 saturated carbocycles. The zero-order valence-corrected chi connectivity index (χ0v) is 10.1. The molecule has 0 fully saturated rings. The number of hydrogen-bond donors (Lipinski definition) is 3. The van der Waals surface area contributed by atoms with E-state index in [0.29, 0.717) is 29.4 Å². The van der Waals surface area contributed by atoms with Crippen molar-refractivity contribution in [1.29, 1.82) is 0 Å². The first kappa shape index (κ1) is 12.0. The van der Waals surface area contributed by atoms with Crippen molar-refractivity contribution in [2.45, 2.75) is 6.92 Å². The summed E-state index contributed by atoms with van der Waals surface area (Å²) < 4.78 is 5.37. The lowest BCUT2D eigenvalue weighted by Gasteiger charge is -2.10. The average molecular weight is 245 g/mol. The number of nitrogen functional groups attached to an aromatic ring is 3. The highest BCUT2D eigenvalue weighted by molar-refractivity contribution is 5.77. The monoisotopic (exact) mass is 245 g/mol. The highest BCUT2D eigenvalue weighted by Gasteiger charge is 2.08. The third kappa shape index (κ3) is 2.27. The molecule has 2 rings (SSSR count). The smallest absolute Gasteiger partial charge is 0.221 e. The molecule has 0 bridgehead atoms. The summed E-state index contributed by atoms with van der Waals surface area (Å²) >= 11 is 0. The van der Waals surface area contributed by atoms with Crippen LogP contribution in [0.3, 0.4) is 0 Å². The Hall–Kier alpha value is -2.50. The van der Waals surface area contributed by atoms with Gasteiger partial charge >= 0.3 is 0 Å². The lowest BCUT2D eigenvalue weighted by atomic mass is 10.1. The van der Waals surface area contributed by atoms with Crippen molar-refractivity contribution in [2.24, 2.45) is 0 Å². The van der Waals surface area contributed by atoms with Crippen molar-refractivity contribution in [3.63, 3.8) is 0 Å². The fourth-order valence-corrected chi connectivity index (χ4v) is 1.63. The Morgan fingerprint density at radius 2 is 2.00 bits per heavy atom. The van der Waals surface area contributed by atoms with Gasteiger partial charge in [0.05, 0.1) is 12.3 Å². The molecule has 6 heteroatoms. The molecule has 1 aromatic carbocycles. The van der Waals surface area contributed by atoms with Gasteiger partial charge in [0.2, 0.25) is 5.95 Å². The SMILES string of the molecule is CCOc1ccc(-c2cnc(N)nc2N)cc1N. The van der Waals surface area contributed by atoms with Crippen molar-refractivity contribution in [2.75, 3.05) is 23.8 Å². The maximum atomic E-state index is 5.89. The Morgan fingerprint density at radius 3 is 2.61 bits per heavy atom. The van der Waals surface area contributed by atoms with Gasteiger partial charge in [-0.3, -0.25) is 0 Å². The minimum absolute atomic E-state index is 0.148. The summed E-state index contributed by atoms with van der Waals surface area (Å²) in [7, 11) is 0. The number of anilines is 3. The number of nitrogens with two attached hydrogens (primary N) is 3. The van der Waals surface area contributed by atoms with Gasteiger partial charge in [-0.2, -0.15) is 4.98 Å². The van der Waals surface area contributed by atoms with Crippen LogP contribution in [0.4, 0.5) is 17.5 Å². The number of rotatable bonds is 3. The van der Waals surface area contributed by atoms with Crippen molar-refractivity contribution in [1.82, 2.24) is 9.97 Å². The summed E-state index contributed by atoms with van der Waals surface area (Å²) in [6.45, 7) is 2.47. The van der Waals surface area contributed by atoms with Crippen molar-refractivity contribution >= 4 is 17.5 Å². The van der Waals surface area contributed by atoms with Gasteiger partial charge in [0, 0.05) is 11.8 Å². The summed E-state index contributed by atoms with van der Waals surface area (Å²) in [4.78, 5) is 7.83. The number of aromatic nitrogens is 2. The van der Waals surface area contributed by atoms with Gasteiger partial charge < -0.3 is 21.9 Å². The van der Waals surface area contributed by atoms with Crippen LogP contribution in [-0.4, -0.2) is 16.6 Å². The molecule has 18 heavy (non-hydrogen) atoms. The number of ether oxygens (including phenoxy) is 1. The lowest BCUT2D eigenvalue weighted by molar-refractivity contribution is 0.342. The zero-order chi connectivity index (χ0) is 13.1. The molecule has 0 amide bonds. The molecular formula is C12H15N5O. The van der Waals surface area contributed by atoms with E-state index in [4.69, 9.17) is 21.9 Å². The molecule has 2 aromatic rings. The molecule has 0 atom stereocenters.